The van der Waals surface area contributed by atoms with E-state index in [1.165, 1.54) is 24.3 Å². The number of pyridine rings is 1. The number of aryl methyl sites for hydroxylation is 1. The lowest BCUT2D eigenvalue weighted by molar-refractivity contribution is -0.330. The van der Waals surface area contributed by atoms with Crippen molar-refractivity contribution in [3.8, 4) is 17.1 Å². The van der Waals surface area contributed by atoms with Crippen molar-refractivity contribution < 1.29 is 37.7 Å². The van der Waals surface area contributed by atoms with Crippen LogP contribution in [0, 0.1) is 35.4 Å². The largest absolute Gasteiger partial charge is 0.482 e. The fourth-order valence-electron chi connectivity index (χ4n) is 9.63. The molecule has 0 bridgehead atoms. The number of hydrogen-bond donors (Lipinski definition) is 1. The van der Waals surface area contributed by atoms with E-state index in [0.717, 1.165) is 11.1 Å². The van der Waals surface area contributed by atoms with Crippen LogP contribution in [0.15, 0.2) is 88.3 Å². The number of aromatic nitrogens is 1. The summed E-state index contributed by atoms with van der Waals surface area (Å²) in [6.45, 7) is 8.54. The minimum Gasteiger partial charge on any atom is -0.482 e. The van der Waals surface area contributed by atoms with Crippen LogP contribution in [-0.4, -0.2) is 40.5 Å². The van der Waals surface area contributed by atoms with Crippen LogP contribution in [0.2, 0.25) is 0 Å². The zero-order valence-electron chi connectivity index (χ0n) is 28.4. The smallest absolute Gasteiger partial charge is 0.345 e. The quantitative estimate of drug-likeness (QED) is 0.225. The van der Waals surface area contributed by atoms with Crippen molar-refractivity contribution in [1.29, 1.82) is 0 Å². The van der Waals surface area contributed by atoms with Crippen LogP contribution >= 0.6 is 0 Å². The van der Waals surface area contributed by atoms with Gasteiger partial charge in [0.15, 0.2) is 6.29 Å². The Bertz CT molecular complexity index is 2000. The van der Waals surface area contributed by atoms with Crippen molar-refractivity contribution in [2.24, 2.45) is 22.7 Å². The molecule has 9 atom stereocenters. The molecule has 10 heteroatoms. The Morgan fingerprint density at radius 3 is 2.58 bits per heavy atom. The van der Waals surface area contributed by atoms with Crippen LogP contribution in [0.1, 0.15) is 79.5 Å². The van der Waals surface area contributed by atoms with Gasteiger partial charge in [0, 0.05) is 40.9 Å². The lowest BCUT2D eigenvalue weighted by Crippen LogP contribution is -2.71. The maximum Gasteiger partial charge on any atom is 0.345 e. The highest BCUT2D eigenvalue weighted by atomic mass is 19.1. The molecule has 3 fully saturated rings. The highest BCUT2D eigenvalue weighted by Crippen LogP contribution is 2.68. The summed E-state index contributed by atoms with van der Waals surface area (Å²) in [5.41, 5.74) is -0.253. The van der Waals surface area contributed by atoms with Gasteiger partial charge in [-0.1, -0.05) is 43.7 Å². The van der Waals surface area contributed by atoms with Gasteiger partial charge in [-0.2, -0.15) is 0 Å². The summed E-state index contributed by atoms with van der Waals surface area (Å²) in [4.78, 5) is 31.5. The molecule has 1 saturated heterocycles. The highest BCUT2D eigenvalue weighted by molar-refractivity contribution is 5.89. The summed E-state index contributed by atoms with van der Waals surface area (Å²) >= 11 is 0. The van der Waals surface area contributed by atoms with E-state index in [2.05, 4.69) is 24.9 Å². The Kier molecular flexibility index (Phi) is 7.78. The molecular weight excluding hydrogens is 641 g/mol. The van der Waals surface area contributed by atoms with Crippen LogP contribution in [0.4, 0.5) is 4.39 Å². The molecule has 2 aliphatic carbocycles. The molecule has 0 spiro atoms. The number of benzene rings is 2. The van der Waals surface area contributed by atoms with Gasteiger partial charge >= 0.3 is 11.6 Å². The monoisotopic (exact) mass is 681 g/mol. The molecule has 9 nitrogen and oxygen atoms in total. The summed E-state index contributed by atoms with van der Waals surface area (Å²) in [6.07, 6.45) is 2.05. The van der Waals surface area contributed by atoms with Gasteiger partial charge in [0.2, 0.25) is 0 Å². The molecule has 4 aliphatic rings. The SMILES string of the molecule is Cc1cccc([C@@H]2OCC3(C)C4C[C@H](OC(=O)c5ccc(F)cc5)[C@@]5(C)Oc6cc(-c7cccnc7)oc(=O)c6[C@H](O)C5[C@@]4(C)CC[C@@H]3O2)c1. The zero-order valence-corrected chi connectivity index (χ0v) is 28.4. The number of fused-ring (bicyclic) bond motifs is 6. The van der Waals surface area contributed by atoms with Gasteiger partial charge < -0.3 is 28.5 Å². The summed E-state index contributed by atoms with van der Waals surface area (Å²) in [5, 5.41) is 12.4. The Morgan fingerprint density at radius 2 is 1.84 bits per heavy atom. The number of carbonyl (C=O) groups is 1. The molecule has 2 saturated carbocycles. The van der Waals surface area contributed by atoms with E-state index in [1.54, 1.807) is 30.6 Å². The second-order valence-corrected chi connectivity index (χ2v) is 15.0. The molecule has 4 heterocycles. The number of carbonyl (C=O) groups excluding carboxylic acids is 1. The molecule has 50 heavy (non-hydrogen) atoms. The number of ether oxygens (including phenoxy) is 4. The van der Waals surface area contributed by atoms with Crippen LogP contribution in [0.5, 0.6) is 5.75 Å². The predicted molar refractivity (Wildman–Crippen MR) is 180 cm³/mol. The van der Waals surface area contributed by atoms with Gasteiger partial charge in [0.1, 0.15) is 34.6 Å². The molecule has 0 amide bonds. The van der Waals surface area contributed by atoms with Crippen molar-refractivity contribution in [3.63, 3.8) is 0 Å². The average Bonchev–Trinajstić information content (AvgIpc) is 3.09. The third-order valence-electron chi connectivity index (χ3n) is 12.0. The maximum atomic E-state index is 13.8. The maximum absolute atomic E-state index is 13.8. The summed E-state index contributed by atoms with van der Waals surface area (Å²) in [5.74, 6) is -1.57. The number of halogens is 1. The first-order valence-electron chi connectivity index (χ1n) is 17.2. The van der Waals surface area contributed by atoms with Crippen LogP contribution < -0.4 is 10.4 Å². The van der Waals surface area contributed by atoms with E-state index >= 15 is 0 Å². The number of esters is 1. The van der Waals surface area contributed by atoms with E-state index in [4.69, 9.17) is 23.4 Å². The van der Waals surface area contributed by atoms with Gasteiger partial charge in [0.25, 0.3) is 0 Å². The molecule has 260 valence electrons. The first-order chi connectivity index (χ1) is 23.9. The molecule has 2 aromatic carbocycles. The molecule has 2 aromatic heterocycles. The Hall–Kier alpha value is -4.38. The molecule has 0 radical (unpaired) electrons. The number of nitrogens with zero attached hydrogens (tertiary/aromatic N) is 1. The molecule has 2 aliphatic heterocycles. The van der Waals surface area contributed by atoms with Crippen molar-refractivity contribution in [2.75, 3.05) is 6.61 Å². The summed E-state index contributed by atoms with van der Waals surface area (Å²) in [7, 11) is 0. The fourth-order valence-corrected chi connectivity index (χ4v) is 9.63. The highest BCUT2D eigenvalue weighted by Gasteiger charge is 2.71. The second kappa shape index (κ2) is 11.9. The van der Waals surface area contributed by atoms with Gasteiger partial charge in [0.05, 0.1) is 24.4 Å². The normalized spacial score (nSPS) is 34.3. The van der Waals surface area contributed by atoms with Crippen molar-refractivity contribution in [3.05, 3.63) is 118 Å². The molecule has 1 N–H and O–H groups in total. The van der Waals surface area contributed by atoms with Crippen molar-refractivity contribution >= 4 is 5.97 Å². The topological polar surface area (TPSA) is 117 Å². The number of aliphatic hydroxyl groups is 1. The lowest BCUT2D eigenvalue weighted by atomic mass is 9.42. The second-order valence-electron chi connectivity index (χ2n) is 15.0. The van der Waals surface area contributed by atoms with E-state index in [1.807, 2.05) is 32.0 Å². The Morgan fingerprint density at radius 1 is 1.04 bits per heavy atom. The summed E-state index contributed by atoms with van der Waals surface area (Å²) < 4.78 is 45.9. The van der Waals surface area contributed by atoms with E-state index in [9.17, 15) is 19.1 Å². The molecule has 3 unspecified atom stereocenters. The fraction of sp³-hybridized carbons (Fsp3) is 0.425. The lowest BCUT2D eigenvalue weighted by Gasteiger charge is -2.67. The first-order valence-corrected chi connectivity index (χ1v) is 17.2. The van der Waals surface area contributed by atoms with E-state index < -0.39 is 58.3 Å². The van der Waals surface area contributed by atoms with Crippen LogP contribution in [0.3, 0.4) is 0 Å². The minimum atomic E-state index is -1.30. The number of hydrogen-bond acceptors (Lipinski definition) is 9. The zero-order chi connectivity index (χ0) is 35.0. The number of rotatable bonds is 4. The Balaban J connectivity index is 1.21. The number of aliphatic hydroxyl groups excluding tert-OH is 1. The van der Waals surface area contributed by atoms with Crippen molar-refractivity contribution in [2.45, 2.75) is 77.2 Å². The Labute approximate surface area is 289 Å². The van der Waals surface area contributed by atoms with Crippen LogP contribution in [0.25, 0.3) is 11.3 Å². The van der Waals surface area contributed by atoms with Gasteiger partial charge in [-0.15, -0.1) is 0 Å². The van der Waals surface area contributed by atoms with Crippen LogP contribution in [-0.2, 0) is 14.2 Å². The van der Waals surface area contributed by atoms with E-state index in [0.29, 0.717) is 31.4 Å². The third-order valence-corrected chi connectivity index (χ3v) is 12.0. The van der Waals surface area contributed by atoms with E-state index in [-0.39, 0.29) is 34.7 Å². The van der Waals surface area contributed by atoms with Gasteiger partial charge in [-0.25, -0.2) is 14.0 Å². The first kappa shape index (κ1) is 32.8. The summed E-state index contributed by atoms with van der Waals surface area (Å²) in [6, 6.07) is 18.4. The molecule has 4 aromatic rings. The van der Waals surface area contributed by atoms with Gasteiger partial charge in [-0.3, -0.25) is 4.98 Å². The van der Waals surface area contributed by atoms with Crippen molar-refractivity contribution in [1.82, 2.24) is 4.98 Å². The third kappa shape index (κ3) is 5.10. The standard InChI is InChI=1S/C40H40FNO8/c1-22-7-5-8-24(17-22)37-46-21-39(3)29-19-31(48-35(44)23-10-12-26(41)13-11-23)40(4)34(38(29,2)15-14-30(39)49-37)33(43)32-28(50-40)18-27(47-36(32)45)25-9-6-16-42-20-25/h5-13,16-18,20,29-31,33-34,37,43H,14-15,19,21H2,1-4H3/t29?,30-,31-,33-,34?,37+,38-,39?,40+/m0/s1. The predicted octanol–water partition coefficient (Wildman–Crippen LogP) is 7.12. The molecular formula is C40H40FNO8. The average molecular weight is 682 g/mol. The minimum absolute atomic E-state index is 0.0357. The molecule has 8 rings (SSSR count). The van der Waals surface area contributed by atoms with Gasteiger partial charge in [-0.05, 0) is 80.8 Å².